The van der Waals surface area contributed by atoms with Crippen LogP contribution in [0.3, 0.4) is 0 Å². The first kappa shape index (κ1) is 7.56. The van der Waals surface area contributed by atoms with E-state index in [1.165, 1.54) is 12.8 Å². The van der Waals surface area contributed by atoms with Crippen LogP contribution < -0.4 is 5.32 Å². The first-order valence-corrected chi connectivity index (χ1v) is 4.57. The summed E-state index contributed by atoms with van der Waals surface area (Å²) in [6.45, 7) is 6.39. The molecule has 2 heteroatoms. The SMILES string of the molecule is CC1(C)NCCO[C@H]1C1CC1. The first-order valence-electron chi connectivity index (χ1n) is 4.57. The van der Waals surface area contributed by atoms with Crippen molar-refractivity contribution in [2.24, 2.45) is 5.92 Å². The van der Waals surface area contributed by atoms with Crippen molar-refractivity contribution in [3.8, 4) is 0 Å². The van der Waals surface area contributed by atoms with Gasteiger partial charge in [-0.3, -0.25) is 0 Å². The minimum Gasteiger partial charge on any atom is -0.375 e. The van der Waals surface area contributed by atoms with Gasteiger partial charge in [0.2, 0.25) is 0 Å². The number of morpholine rings is 1. The maximum absolute atomic E-state index is 5.75. The second-order valence-corrected chi connectivity index (χ2v) is 4.28. The predicted octanol–water partition coefficient (Wildman–Crippen LogP) is 1.16. The van der Waals surface area contributed by atoms with Crippen molar-refractivity contribution in [3.63, 3.8) is 0 Å². The Labute approximate surface area is 68.3 Å². The summed E-state index contributed by atoms with van der Waals surface area (Å²) in [5.74, 6) is 0.845. The minimum absolute atomic E-state index is 0.208. The Morgan fingerprint density at radius 3 is 2.64 bits per heavy atom. The Balaban J connectivity index is 2.02. The molecule has 2 aliphatic rings. The molecule has 0 unspecified atom stereocenters. The van der Waals surface area contributed by atoms with Crippen LogP contribution in [0.5, 0.6) is 0 Å². The minimum atomic E-state index is 0.208. The molecule has 1 aliphatic carbocycles. The topological polar surface area (TPSA) is 21.3 Å². The molecule has 0 amide bonds. The van der Waals surface area contributed by atoms with Crippen molar-refractivity contribution in [1.29, 1.82) is 0 Å². The summed E-state index contributed by atoms with van der Waals surface area (Å²) in [5.41, 5.74) is 0.208. The number of hydrogen-bond acceptors (Lipinski definition) is 2. The molecule has 1 aliphatic heterocycles. The Kier molecular flexibility index (Phi) is 1.69. The van der Waals surface area contributed by atoms with Gasteiger partial charge in [-0.25, -0.2) is 0 Å². The lowest BCUT2D eigenvalue weighted by atomic mass is 9.92. The fourth-order valence-electron chi connectivity index (χ4n) is 1.99. The van der Waals surface area contributed by atoms with Crippen LogP contribution in [0, 0.1) is 5.92 Å². The second-order valence-electron chi connectivity index (χ2n) is 4.28. The highest BCUT2D eigenvalue weighted by Gasteiger charge is 2.43. The zero-order valence-electron chi connectivity index (χ0n) is 7.39. The van der Waals surface area contributed by atoms with E-state index in [2.05, 4.69) is 19.2 Å². The third kappa shape index (κ3) is 1.42. The van der Waals surface area contributed by atoms with Gasteiger partial charge in [-0.05, 0) is 32.6 Å². The summed E-state index contributed by atoms with van der Waals surface area (Å²) in [6, 6.07) is 0. The zero-order valence-corrected chi connectivity index (χ0v) is 7.39. The van der Waals surface area contributed by atoms with Crippen LogP contribution in [0.1, 0.15) is 26.7 Å². The van der Waals surface area contributed by atoms with E-state index in [-0.39, 0.29) is 5.54 Å². The van der Waals surface area contributed by atoms with Crippen LogP contribution >= 0.6 is 0 Å². The van der Waals surface area contributed by atoms with Crippen LogP contribution in [0.2, 0.25) is 0 Å². The molecule has 11 heavy (non-hydrogen) atoms. The summed E-state index contributed by atoms with van der Waals surface area (Å²) in [7, 11) is 0. The van der Waals surface area contributed by atoms with Crippen LogP contribution in [-0.4, -0.2) is 24.8 Å². The van der Waals surface area contributed by atoms with E-state index in [1.54, 1.807) is 0 Å². The number of nitrogens with one attached hydrogen (secondary N) is 1. The van der Waals surface area contributed by atoms with Gasteiger partial charge in [0.1, 0.15) is 0 Å². The fraction of sp³-hybridized carbons (Fsp3) is 1.00. The Bertz CT molecular complexity index is 152. The molecule has 64 valence electrons. The van der Waals surface area contributed by atoms with E-state index in [4.69, 9.17) is 4.74 Å². The van der Waals surface area contributed by atoms with Crippen molar-refractivity contribution in [2.45, 2.75) is 38.3 Å². The number of ether oxygens (including phenoxy) is 1. The van der Waals surface area contributed by atoms with Crippen molar-refractivity contribution < 1.29 is 4.74 Å². The van der Waals surface area contributed by atoms with Crippen LogP contribution in [0.15, 0.2) is 0 Å². The van der Waals surface area contributed by atoms with Gasteiger partial charge >= 0.3 is 0 Å². The lowest BCUT2D eigenvalue weighted by molar-refractivity contribution is -0.0491. The highest BCUT2D eigenvalue weighted by Crippen LogP contribution is 2.39. The molecule has 1 saturated carbocycles. The molecule has 0 aromatic heterocycles. The van der Waals surface area contributed by atoms with Crippen molar-refractivity contribution >= 4 is 0 Å². The summed E-state index contributed by atoms with van der Waals surface area (Å²) in [6.07, 6.45) is 3.21. The van der Waals surface area contributed by atoms with Gasteiger partial charge in [0, 0.05) is 12.1 Å². The van der Waals surface area contributed by atoms with Crippen molar-refractivity contribution in [2.75, 3.05) is 13.2 Å². The van der Waals surface area contributed by atoms with E-state index in [0.29, 0.717) is 6.10 Å². The first-order chi connectivity index (χ1) is 5.20. The zero-order chi connectivity index (χ0) is 7.90. The Morgan fingerprint density at radius 2 is 2.09 bits per heavy atom. The van der Waals surface area contributed by atoms with Crippen molar-refractivity contribution in [1.82, 2.24) is 5.32 Å². The van der Waals surface area contributed by atoms with Crippen molar-refractivity contribution in [3.05, 3.63) is 0 Å². The quantitative estimate of drug-likeness (QED) is 0.613. The molecule has 0 aromatic carbocycles. The normalized spacial score (nSPS) is 37.1. The largest absolute Gasteiger partial charge is 0.375 e. The summed E-state index contributed by atoms with van der Waals surface area (Å²) >= 11 is 0. The highest BCUT2D eigenvalue weighted by atomic mass is 16.5. The predicted molar refractivity (Wildman–Crippen MR) is 44.5 cm³/mol. The lowest BCUT2D eigenvalue weighted by Gasteiger charge is -2.39. The van der Waals surface area contributed by atoms with Gasteiger partial charge in [-0.15, -0.1) is 0 Å². The third-order valence-electron chi connectivity index (χ3n) is 2.74. The van der Waals surface area contributed by atoms with Crippen LogP contribution in [0.4, 0.5) is 0 Å². The Hall–Kier alpha value is -0.0800. The molecule has 0 aromatic rings. The summed E-state index contributed by atoms with van der Waals surface area (Å²) in [5, 5.41) is 3.50. The molecular formula is C9H17NO. The molecule has 1 saturated heterocycles. The van der Waals surface area contributed by atoms with E-state index in [9.17, 15) is 0 Å². The molecule has 0 spiro atoms. The molecule has 1 N–H and O–H groups in total. The molecule has 1 heterocycles. The highest BCUT2D eigenvalue weighted by molar-refractivity contribution is 4.98. The van der Waals surface area contributed by atoms with Crippen LogP contribution in [-0.2, 0) is 4.74 Å². The smallest absolute Gasteiger partial charge is 0.0779 e. The average molecular weight is 155 g/mol. The molecule has 0 radical (unpaired) electrons. The third-order valence-corrected chi connectivity index (χ3v) is 2.74. The molecular weight excluding hydrogens is 138 g/mol. The number of rotatable bonds is 1. The van der Waals surface area contributed by atoms with E-state index in [0.717, 1.165) is 19.1 Å². The van der Waals surface area contributed by atoms with Gasteiger partial charge in [-0.2, -0.15) is 0 Å². The Morgan fingerprint density at radius 1 is 1.36 bits per heavy atom. The molecule has 2 fully saturated rings. The molecule has 1 atom stereocenters. The van der Waals surface area contributed by atoms with Gasteiger partial charge < -0.3 is 10.1 Å². The lowest BCUT2D eigenvalue weighted by Crippen LogP contribution is -2.57. The van der Waals surface area contributed by atoms with Gasteiger partial charge in [0.05, 0.1) is 12.7 Å². The fourth-order valence-corrected chi connectivity index (χ4v) is 1.99. The second kappa shape index (κ2) is 2.46. The summed E-state index contributed by atoms with van der Waals surface area (Å²) < 4.78 is 5.75. The van der Waals surface area contributed by atoms with Crippen LogP contribution in [0.25, 0.3) is 0 Å². The van der Waals surface area contributed by atoms with E-state index < -0.39 is 0 Å². The molecule has 0 bridgehead atoms. The maximum atomic E-state index is 5.75. The summed E-state index contributed by atoms with van der Waals surface area (Å²) in [4.78, 5) is 0. The maximum Gasteiger partial charge on any atom is 0.0779 e. The number of hydrogen-bond donors (Lipinski definition) is 1. The van der Waals surface area contributed by atoms with E-state index in [1.807, 2.05) is 0 Å². The molecule has 2 rings (SSSR count). The molecule has 2 nitrogen and oxygen atoms in total. The van der Waals surface area contributed by atoms with Gasteiger partial charge in [0.25, 0.3) is 0 Å². The standard InChI is InChI=1S/C9H17NO/c1-9(2)8(7-3-4-7)11-6-5-10-9/h7-8,10H,3-6H2,1-2H3/t8-/m0/s1. The van der Waals surface area contributed by atoms with Gasteiger partial charge in [-0.1, -0.05) is 0 Å². The average Bonchev–Trinajstić information content (AvgIpc) is 2.69. The van der Waals surface area contributed by atoms with Gasteiger partial charge in [0.15, 0.2) is 0 Å². The monoisotopic (exact) mass is 155 g/mol. The van der Waals surface area contributed by atoms with E-state index >= 15 is 0 Å².